The Bertz CT molecular complexity index is 339. The van der Waals surface area contributed by atoms with E-state index >= 15 is 0 Å². The van der Waals surface area contributed by atoms with E-state index in [1.807, 2.05) is 23.2 Å². The number of carbonyl (C=O) groups is 1. The molecule has 0 spiro atoms. The average molecular weight is 205 g/mol. The molecule has 1 amide bonds. The van der Waals surface area contributed by atoms with Crippen LogP contribution in [0.5, 0.6) is 0 Å². The minimum absolute atomic E-state index is 0.0198. The summed E-state index contributed by atoms with van der Waals surface area (Å²) in [6.45, 7) is 1.44. The molecular formula is C11H15N3O. The van der Waals surface area contributed by atoms with Crippen molar-refractivity contribution in [3.8, 4) is 0 Å². The molecule has 0 bridgehead atoms. The lowest BCUT2D eigenvalue weighted by molar-refractivity contribution is -0.127. The van der Waals surface area contributed by atoms with Gasteiger partial charge in [-0.15, -0.1) is 0 Å². The first-order valence-electron chi connectivity index (χ1n) is 5.18. The second-order valence-electron chi connectivity index (χ2n) is 3.92. The summed E-state index contributed by atoms with van der Waals surface area (Å²) < 4.78 is 0. The lowest BCUT2D eigenvalue weighted by Gasteiger charge is -2.15. The van der Waals surface area contributed by atoms with Crippen LogP contribution in [0.2, 0.25) is 0 Å². The maximum Gasteiger partial charge on any atom is 0.224 e. The molecular weight excluding hydrogens is 190 g/mol. The number of aromatic nitrogens is 1. The number of hydrogen-bond acceptors (Lipinski definition) is 3. The first kappa shape index (κ1) is 10.1. The summed E-state index contributed by atoms with van der Waals surface area (Å²) >= 11 is 0. The highest BCUT2D eigenvalue weighted by Crippen LogP contribution is 2.10. The van der Waals surface area contributed by atoms with E-state index < -0.39 is 0 Å². The minimum Gasteiger partial charge on any atom is -0.341 e. The molecule has 1 fully saturated rings. The smallest absolute Gasteiger partial charge is 0.224 e. The van der Waals surface area contributed by atoms with Gasteiger partial charge in [-0.1, -0.05) is 6.07 Å². The number of amides is 1. The first-order chi connectivity index (χ1) is 7.25. The third kappa shape index (κ3) is 2.53. The van der Waals surface area contributed by atoms with Crippen LogP contribution >= 0.6 is 0 Å². The largest absolute Gasteiger partial charge is 0.341 e. The van der Waals surface area contributed by atoms with Gasteiger partial charge < -0.3 is 10.6 Å². The molecule has 0 aromatic carbocycles. The van der Waals surface area contributed by atoms with Crippen LogP contribution < -0.4 is 5.73 Å². The number of carbonyl (C=O) groups excluding carboxylic acids is 1. The van der Waals surface area contributed by atoms with Gasteiger partial charge in [-0.25, -0.2) is 0 Å². The van der Waals surface area contributed by atoms with Crippen molar-refractivity contribution in [2.24, 2.45) is 5.73 Å². The van der Waals surface area contributed by atoms with Gasteiger partial charge in [-0.05, 0) is 18.1 Å². The van der Waals surface area contributed by atoms with Crippen LogP contribution in [0, 0.1) is 0 Å². The van der Waals surface area contributed by atoms with E-state index in [2.05, 4.69) is 4.98 Å². The second-order valence-corrected chi connectivity index (χ2v) is 3.92. The molecule has 4 heteroatoms. The van der Waals surface area contributed by atoms with Crippen molar-refractivity contribution in [3.05, 3.63) is 30.1 Å². The number of pyridine rings is 1. The highest BCUT2D eigenvalue weighted by molar-refractivity contribution is 5.79. The predicted octanol–water partition coefficient (Wildman–Crippen LogP) is 0.184. The van der Waals surface area contributed by atoms with Gasteiger partial charge in [0.1, 0.15) is 0 Å². The zero-order valence-corrected chi connectivity index (χ0v) is 8.60. The maximum atomic E-state index is 11.4. The Morgan fingerprint density at radius 2 is 2.47 bits per heavy atom. The van der Waals surface area contributed by atoms with Gasteiger partial charge in [0.15, 0.2) is 0 Å². The molecule has 1 aliphatic heterocycles. The van der Waals surface area contributed by atoms with Crippen LogP contribution in [0.4, 0.5) is 0 Å². The third-order valence-corrected chi connectivity index (χ3v) is 2.64. The highest BCUT2D eigenvalue weighted by atomic mass is 16.2. The van der Waals surface area contributed by atoms with Crippen molar-refractivity contribution < 1.29 is 4.79 Å². The molecule has 1 unspecified atom stereocenters. The molecule has 2 N–H and O–H groups in total. The lowest BCUT2D eigenvalue weighted by Crippen LogP contribution is -2.30. The summed E-state index contributed by atoms with van der Waals surface area (Å²) in [7, 11) is 0. The molecule has 4 nitrogen and oxygen atoms in total. The van der Waals surface area contributed by atoms with Crippen molar-refractivity contribution in [2.75, 3.05) is 13.1 Å². The number of nitrogens with two attached hydrogens (primary N) is 1. The zero-order valence-electron chi connectivity index (χ0n) is 8.60. The molecule has 0 radical (unpaired) electrons. The molecule has 0 aliphatic carbocycles. The summed E-state index contributed by atoms with van der Waals surface area (Å²) in [4.78, 5) is 17.3. The van der Waals surface area contributed by atoms with Gasteiger partial charge in [-0.2, -0.15) is 0 Å². The van der Waals surface area contributed by atoms with E-state index in [4.69, 9.17) is 5.73 Å². The van der Waals surface area contributed by atoms with Crippen LogP contribution in [0.3, 0.4) is 0 Å². The summed E-state index contributed by atoms with van der Waals surface area (Å²) in [6.07, 6.45) is 4.93. The van der Waals surface area contributed by atoms with Crippen molar-refractivity contribution in [1.29, 1.82) is 0 Å². The average Bonchev–Trinajstić information content (AvgIpc) is 2.56. The Morgan fingerprint density at radius 1 is 1.60 bits per heavy atom. The Labute approximate surface area is 89.1 Å². The summed E-state index contributed by atoms with van der Waals surface area (Å²) in [5.74, 6) is 0.173. The van der Waals surface area contributed by atoms with Crippen LogP contribution in [0.15, 0.2) is 24.5 Å². The molecule has 1 aromatic heterocycles. The highest BCUT2D eigenvalue weighted by Gasteiger charge is 2.26. The van der Waals surface area contributed by atoms with Gasteiger partial charge >= 0.3 is 0 Å². The van der Waals surface area contributed by atoms with E-state index in [9.17, 15) is 4.79 Å². The fraction of sp³-hybridized carbons (Fsp3) is 0.455. The molecule has 1 aliphatic rings. The van der Waals surface area contributed by atoms with Gasteiger partial charge in [0, 0.05) is 37.9 Å². The molecule has 2 heterocycles. The van der Waals surface area contributed by atoms with E-state index in [0.717, 1.165) is 18.5 Å². The fourth-order valence-electron chi connectivity index (χ4n) is 1.83. The Balaban J connectivity index is 1.86. The van der Waals surface area contributed by atoms with E-state index in [1.54, 1.807) is 6.20 Å². The second kappa shape index (κ2) is 4.40. The Hall–Kier alpha value is -1.42. The number of rotatable bonds is 3. The van der Waals surface area contributed by atoms with Gasteiger partial charge in [-0.3, -0.25) is 9.78 Å². The summed E-state index contributed by atoms with van der Waals surface area (Å²) in [6, 6.07) is 3.95. The van der Waals surface area contributed by atoms with Crippen molar-refractivity contribution in [1.82, 2.24) is 9.88 Å². The van der Waals surface area contributed by atoms with E-state index in [0.29, 0.717) is 13.0 Å². The summed E-state index contributed by atoms with van der Waals surface area (Å²) in [5.41, 5.74) is 6.87. The van der Waals surface area contributed by atoms with Crippen molar-refractivity contribution >= 4 is 5.91 Å². The monoisotopic (exact) mass is 205 g/mol. The molecule has 1 atom stereocenters. The Morgan fingerprint density at radius 3 is 3.07 bits per heavy atom. The van der Waals surface area contributed by atoms with Crippen molar-refractivity contribution in [3.63, 3.8) is 0 Å². The van der Waals surface area contributed by atoms with Gasteiger partial charge in [0.25, 0.3) is 0 Å². The van der Waals surface area contributed by atoms with Crippen molar-refractivity contribution in [2.45, 2.75) is 18.9 Å². The molecule has 1 aromatic rings. The summed E-state index contributed by atoms with van der Waals surface area (Å²) in [5, 5.41) is 0. The molecule has 2 rings (SSSR count). The van der Waals surface area contributed by atoms with Gasteiger partial charge in [0.05, 0.1) is 0 Å². The van der Waals surface area contributed by atoms with Crippen LogP contribution in [-0.4, -0.2) is 34.9 Å². The van der Waals surface area contributed by atoms with Crippen LogP contribution in [0.25, 0.3) is 0 Å². The number of hydrogen-bond donors (Lipinski definition) is 1. The molecule has 15 heavy (non-hydrogen) atoms. The standard InChI is InChI=1S/C11H15N3O/c12-10-6-11(15)14(8-10)5-3-9-2-1-4-13-7-9/h1-2,4,7,10H,3,5-6,8,12H2. The minimum atomic E-state index is 0.0198. The predicted molar refractivity (Wildman–Crippen MR) is 57.1 cm³/mol. The third-order valence-electron chi connectivity index (χ3n) is 2.64. The lowest BCUT2D eigenvalue weighted by atomic mass is 10.2. The quantitative estimate of drug-likeness (QED) is 0.766. The normalized spacial score (nSPS) is 21.0. The van der Waals surface area contributed by atoms with E-state index in [1.165, 1.54) is 0 Å². The van der Waals surface area contributed by atoms with Crippen LogP contribution in [0.1, 0.15) is 12.0 Å². The molecule has 0 saturated carbocycles. The topological polar surface area (TPSA) is 59.2 Å². The van der Waals surface area contributed by atoms with Gasteiger partial charge in [0.2, 0.25) is 5.91 Å². The fourth-order valence-corrected chi connectivity index (χ4v) is 1.83. The zero-order chi connectivity index (χ0) is 10.7. The SMILES string of the molecule is NC1CC(=O)N(CCc2cccnc2)C1. The molecule has 1 saturated heterocycles. The molecule has 80 valence electrons. The number of nitrogens with zero attached hydrogens (tertiary/aromatic N) is 2. The maximum absolute atomic E-state index is 11.4. The Kier molecular flexibility index (Phi) is 2.97. The number of likely N-dealkylation sites (tertiary alicyclic amines) is 1. The first-order valence-corrected chi connectivity index (χ1v) is 5.18. The van der Waals surface area contributed by atoms with E-state index in [-0.39, 0.29) is 11.9 Å². The van der Waals surface area contributed by atoms with Crippen LogP contribution in [-0.2, 0) is 11.2 Å².